The van der Waals surface area contributed by atoms with Crippen LogP contribution in [-0.4, -0.2) is 25.7 Å². The van der Waals surface area contributed by atoms with Gasteiger partial charge in [-0.3, -0.25) is 4.79 Å². The van der Waals surface area contributed by atoms with Gasteiger partial charge in [0, 0.05) is 0 Å². The molecule has 0 heterocycles. The number of nitrogens with one attached hydrogen (secondary N) is 1. The van der Waals surface area contributed by atoms with Crippen LogP contribution >= 0.6 is 0 Å². The van der Waals surface area contributed by atoms with Crippen molar-refractivity contribution >= 4 is 5.97 Å². The lowest BCUT2D eigenvalue weighted by molar-refractivity contribution is -0.142. The number of ether oxygens (including phenoxy) is 1. The molecule has 0 aromatic heterocycles. The smallest absolute Gasteiger partial charge is 0.319 e. The van der Waals surface area contributed by atoms with E-state index in [1.807, 2.05) is 6.07 Å². The van der Waals surface area contributed by atoms with E-state index in [1.54, 1.807) is 0 Å². The topological polar surface area (TPSA) is 38.3 Å². The van der Waals surface area contributed by atoms with Gasteiger partial charge in [-0.15, -0.1) is 0 Å². The lowest BCUT2D eigenvalue weighted by Gasteiger charge is -2.12. The van der Waals surface area contributed by atoms with Crippen molar-refractivity contribution in [3.8, 4) is 0 Å². The first-order valence-corrected chi connectivity index (χ1v) is 7.15. The molecule has 0 amide bonds. The zero-order valence-electron chi connectivity index (χ0n) is 12.0. The van der Waals surface area contributed by atoms with E-state index < -0.39 is 0 Å². The van der Waals surface area contributed by atoms with Crippen LogP contribution in [0.1, 0.15) is 44.6 Å². The average molecular weight is 263 g/mol. The molecular weight excluding hydrogens is 238 g/mol. The Morgan fingerprint density at radius 3 is 2.74 bits per heavy atom. The highest BCUT2D eigenvalue weighted by Gasteiger charge is 2.05. The maximum Gasteiger partial charge on any atom is 0.319 e. The third-order valence-corrected chi connectivity index (χ3v) is 3.15. The molecule has 0 aliphatic rings. The largest absolute Gasteiger partial charge is 0.465 e. The van der Waals surface area contributed by atoms with Crippen molar-refractivity contribution in [2.75, 3.05) is 19.7 Å². The quantitative estimate of drug-likeness (QED) is 0.549. The average Bonchev–Trinajstić information content (AvgIpc) is 2.44. The molecule has 3 heteroatoms. The van der Waals surface area contributed by atoms with Crippen LogP contribution < -0.4 is 5.32 Å². The molecule has 0 aliphatic heterocycles. The Kier molecular flexibility index (Phi) is 7.91. The Hall–Kier alpha value is -1.35. The minimum absolute atomic E-state index is 0.152. The van der Waals surface area contributed by atoms with Gasteiger partial charge in [-0.1, -0.05) is 50.6 Å². The van der Waals surface area contributed by atoms with Crippen LogP contribution in [0, 0.1) is 0 Å². The number of hydrogen-bond acceptors (Lipinski definition) is 3. The molecule has 0 spiro atoms. The van der Waals surface area contributed by atoms with Gasteiger partial charge < -0.3 is 10.1 Å². The van der Waals surface area contributed by atoms with E-state index in [1.165, 1.54) is 5.56 Å². The number of esters is 1. The van der Waals surface area contributed by atoms with Gasteiger partial charge in [-0.2, -0.15) is 0 Å². The highest BCUT2D eigenvalue weighted by molar-refractivity contribution is 5.71. The minimum atomic E-state index is -0.152. The summed E-state index contributed by atoms with van der Waals surface area (Å²) in [5, 5.41) is 3.14. The number of hydrogen-bond donors (Lipinski definition) is 1. The molecule has 1 atom stereocenters. The SMILES string of the molecule is CCCCOC(=O)CNCCC(C)c1ccccc1. The first-order chi connectivity index (χ1) is 9.24. The summed E-state index contributed by atoms with van der Waals surface area (Å²) in [6, 6.07) is 10.4. The predicted octanol–water partition coefficient (Wildman–Crippen LogP) is 3.11. The molecule has 0 aliphatic carbocycles. The van der Waals surface area contributed by atoms with Crippen molar-refractivity contribution in [2.24, 2.45) is 0 Å². The lowest BCUT2D eigenvalue weighted by atomic mass is 9.98. The van der Waals surface area contributed by atoms with Crippen LogP contribution in [0.25, 0.3) is 0 Å². The molecule has 1 aromatic rings. The summed E-state index contributed by atoms with van der Waals surface area (Å²) in [6.45, 7) is 5.97. The number of carbonyl (C=O) groups excluding carboxylic acids is 1. The number of carbonyl (C=O) groups is 1. The molecule has 0 radical (unpaired) electrons. The highest BCUT2D eigenvalue weighted by atomic mass is 16.5. The molecule has 3 nitrogen and oxygen atoms in total. The number of benzene rings is 1. The second kappa shape index (κ2) is 9.56. The molecule has 106 valence electrons. The van der Waals surface area contributed by atoms with Gasteiger partial charge in [0.25, 0.3) is 0 Å². The molecule has 0 fully saturated rings. The van der Waals surface area contributed by atoms with Gasteiger partial charge in [-0.25, -0.2) is 0 Å². The molecule has 1 N–H and O–H groups in total. The Balaban J connectivity index is 2.09. The molecule has 0 saturated heterocycles. The van der Waals surface area contributed by atoms with Gasteiger partial charge >= 0.3 is 5.97 Å². The molecule has 19 heavy (non-hydrogen) atoms. The molecule has 0 saturated carbocycles. The molecular formula is C16H25NO2. The van der Waals surface area contributed by atoms with Crippen molar-refractivity contribution in [2.45, 2.75) is 39.0 Å². The second-order valence-corrected chi connectivity index (χ2v) is 4.85. The highest BCUT2D eigenvalue weighted by Crippen LogP contribution is 2.17. The maximum atomic E-state index is 11.3. The van der Waals surface area contributed by atoms with Crippen LogP contribution in [0.2, 0.25) is 0 Å². The fraction of sp³-hybridized carbons (Fsp3) is 0.562. The van der Waals surface area contributed by atoms with E-state index in [0.717, 1.165) is 25.8 Å². The normalized spacial score (nSPS) is 12.1. The summed E-state index contributed by atoms with van der Waals surface area (Å²) in [5.74, 6) is 0.352. The van der Waals surface area contributed by atoms with E-state index in [4.69, 9.17) is 4.74 Å². The van der Waals surface area contributed by atoms with Crippen LogP contribution in [0.15, 0.2) is 30.3 Å². The summed E-state index contributed by atoms with van der Waals surface area (Å²) in [6.07, 6.45) is 3.01. The number of unbranched alkanes of at least 4 members (excludes halogenated alkanes) is 1. The van der Waals surface area contributed by atoms with E-state index >= 15 is 0 Å². The first-order valence-electron chi connectivity index (χ1n) is 7.15. The maximum absolute atomic E-state index is 11.3. The molecule has 1 aromatic carbocycles. The summed E-state index contributed by atoms with van der Waals surface area (Å²) in [7, 11) is 0. The second-order valence-electron chi connectivity index (χ2n) is 4.85. The van der Waals surface area contributed by atoms with Crippen LogP contribution in [0.3, 0.4) is 0 Å². The van der Waals surface area contributed by atoms with Crippen LogP contribution in [0.4, 0.5) is 0 Å². The fourth-order valence-corrected chi connectivity index (χ4v) is 1.84. The lowest BCUT2D eigenvalue weighted by Crippen LogP contribution is -2.26. The predicted molar refractivity (Wildman–Crippen MR) is 78.2 cm³/mol. The zero-order valence-corrected chi connectivity index (χ0v) is 12.0. The van der Waals surface area contributed by atoms with Gasteiger partial charge in [0.15, 0.2) is 0 Å². The van der Waals surface area contributed by atoms with Gasteiger partial charge in [-0.05, 0) is 30.9 Å². The standard InChI is InChI=1S/C16H25NO2/c1-3-4-12-19-16(18)13-17-11-10-14(2)15-8-6-5-7-9-15/h5-9,14,17H,3-4,10-13H2,1-2H3. The summed E-state index contributed by atoms with van der Waals surface area (Å²) >= 11 is 0. The van der Waals surface area contributed by atoms with Crippen LogP contribution in [-0.2, 0) is 9.53 Å². The van der Waals surface area contributed by atoms with E-state index in [2.05, 4.69) is 43.4 Å². The van der Waals surface area contributed by atoms with Crippen molar-refractivity contribution in [1.82, 2.24) is 5.32 Å². The van der Waals surface area contributed by atoms with Crippen molar-refractivity contribution in [3.63, 3.8) is 0 Å². The minimum Gasteiger partial charge on any atom is -0.465 e. The van der Waals surface area contributed by atoms with Crippen molar-refractivity contribution in [3.05, 3.63) is 35.9 Å². The summed E-state index contributed by atoms with van der Waals surface area (Å²) in [4.78, 5) is 11.3. The monoisotopic (exact) mass is 263 g/mol. The van der Waals surface area contributed by atoms with Crippen molar-refractivity contribution in [1.29, 1.82) is 0 Å². The first kappa shape index (κ1) is 15.7. The Morgan fingerprint density at radius 1 is 1.32 bits per heavy atom. The van der Waals surface area contributed by atoms with E-state index in [-0.39, 0.29) is 5.97 Å². The summed E-state index contributed by atoms with van der Waals surface area (Å²) in [5.41, 5.74) is 1.34. The van der Waals surface area contributed by atoms with E-state index in [0.29, 0.717) is 19.1 Å². The molecule has 1 unspecified atom stereocenters. The third kappa shape index (κ3) is 6.97. The fourth-order valence-electron chi connectivity index (χ4n) is 1.84. The molecule has 1 rings (SSSR count). The molecule has 0 bridgehead atoms. The number of rotatable bonds is 9. The van der Waals surface area contributed by atoms with Gasteiger partial charge in [0.05, 0.1) is 13.2 Å². The van der Waals surface area contributed by atoms with Gasteiger partial charge in [0.2, 0.25) is 0 Å². The third-order valence-electron chi connectivity index (χ3n) is 3.15. The summed E-state index contributed by atoms with van der Waals surface area (Å²) < 4.78 is 5.07. The Bertz CT molecular complexity index is 351. The van der Waals surface area contributed by atoms with Crippen molar-refractivity contribution < 1.29 is 9.53 Å². The zero-order chi connectivity index (χ0) is 13.9. The Morgan fingerprint density at radius 2 is 2.05 bits per heavy atom. The van der Waals surface area contributed by atoms with Crippen LogP contribution in [0.5, 0.6) is 0 Å². The van der Waals surface area contributed by atoms with E-state index in [9.17, 15) is 4.79 Å². The Labute approximate surface area is 116 Å². The van der Waals surface area contributed by atoms with Gasteiger partial charge in [0.1, 0.15) is 0 Å².